The number of pyridine rings is 1. The molecule has 1 aromatic heterocycles. The van der Waals surface area contributed by atoms with Gasteiger partial charge in [-0.05, 0) is 12.5 Å². The normalized spacial score (nSPS) is 23.6. The summed E-state index contributed by atoms with van der Waals surface area (Å²) >= 11 is 0. The van der Waals surface area contributed by atoms with E-state index < -0.39 is 5.54 Å². The topological polar surface area (TPSA) is 71.2 Å². The first-order valence-electron chi connectivity index (χ1n) is 9.32. The van der Waals surface area contributed by atoms with E-state index in [1.165, 1.54) is 15.5 Å². The first-order valence-corrected chi connectivity index (χ1v) is 9.32. The highest BCUT2D eigenvalue weighted by Gasteiger charge is 2.50. The van der Waals surface area contributed by atoms with Gasteiger partial charge in [-0.15, -0.1) is 0 Å². The Bertz CT molecular complexity index is 821. The van der Waals surface area contributed by atoms with Crippen LogP contribution < -0.4 is 20.1 Å². The lowest BCUT2D eigenvalue weighted by Crippen LogP contribution is -3.16. The fourth-order valence-corrected chi connectivity index (χ4v) is 3.86. The third-order valence-corrected chi connectivity index (χ3v) is 5.54. The minimum Gasteiger partial charge on any atom is -0.360 e. The lowest BCUT2D eigenvalue weighted by atomic mass is 9.92. The van der Waals surface area contributed by atoms with Gasteiger partial charge in [0, 0.05) is 17.8 Å². The van der Waals surface area contributed by atoms with Crippen molar-refractivity contribution < 1.29 is 19.5 Å². The number of rotatable bonds is 4. The molecule has 0 bridgehead atoms. The number of carbonyl (C=O) groups excluding carboxylic acids is 2. The lowest BCUT2D eigenvalue weighted by Gasteiger charge is -2.34. The number of hydrogen-bond donors (Lipinski definition) is 2. The fraction of sp³-hybridized carbons (Fsp3) is 0.350. The van der Waals surface area contributed by atoms with Gasteiger partial charge in [0.15, 0.2) is 19.1 Å². The quantitative estimate of drug-likeness (QED) is 0.725. The molecular weight excluding hydrogens is 342 g/mol. The zero-order valence-corrected chi connectivity index (χ0v) is 15.4. The summed E-state index contributed by atoms with van der Waals surface area (Å²) in [5, 5.41) is 2.88. The molecule has 0 radical (unpaired) electrons. The Kier molecular flexibility index (Phi) is 4.53. The number of H-pyrrole nitrogens is 1. The van der Waals surface area contributed by atoms with E-state index >= 15 is 0 Å². The Morgan fingerprint density at radius 1 is 1.07 bits per heavy atom. The van der Waals surface area contributed by atoms with E-state index in [-0.39, 0.29) is 11.9 Å². The number of amides is 3. The van der Waals surface area contributed by atoms with Crippen LogP contribution in [0.4, 0.5) is 10.5 Å². The molecule has 4 rings (SSSR count). The molecule has 2 aliphatic rings. The van der Waals surface area contributed by atoms with Gasteiger partial charge in [-0.25, -0.2) is 14.7 Å². The molecule has 3 amide bonds. The second-order valence-corrected chi connectivity index (χ2v) is 7.31. The van der Waals surface area contributed by atoms with E-state index in [4.69, 9.17) is 0 Å². The molecule has 0 saturated carbocycles. The van der Waals surface area contributed by atoms with Gasteiger partial charge in [0.2, 0.25) is 0 Å². The zero-order valence-electron chi connectivity index (χ0n) is 15.4. The molecule has 0 aliphatic carbocycles. The minimum atomic E-state index is -0.986. The van der Waals surface area contributed by atoms with Gasteiger partial charge < -0.3 is 15.1 Å². The highest BCUT2D eigenvalue weighted by molar-refractivity contribution is 6.07. The van der Waals surface area contributed by atoms with Crippen molar-refractivity contribution in [3.8, 4) is 0 Å². The second kappa shape index (κ2) is 7.00. The van der Waals surface area contributed by atoms with Crippen LogP contribution >= 0.6 is 0 Å². The van der Waals surface area contributed by atoms with Crippen molar-refractivity contribution in [2.45, 2.75) is 12.5 Å². The van der Waals surface area contributed by atoms with Crippen molar-refractivity contribution >= 4 is 17.6 Å². The van der Waals surface area contributed by atoms with Gasteiger partial charge in [-0.2, -0.15) is 0 Å². The molecule has 7 heteroatoms. The van der Waals surface area contributed by atoms with Crippen LogP contribution in [0.5, 0.6) is 0 Å². The first kappa shape index (κ1) is 17.5. The summed E-state index contributed by atoms with van der Waals surface area (Å²) in [6.45, 7) is 5.76. The smallest absolute Gasteiger partial charge is 0.329 e. The maximum absolute atomic E-state index is 13.0. The van der Waals surface area contributed by atoms with Crippen LogP contribution in [0.25, 0.3) is 0 Å². The highest BCUT2D eigenvalue weighted by atomic mass is 16.2. The zero-order chi connectivity index (χ0) is 18.9. The summed E-state index contributed by atoms with van der Waals surface area (Å²) in [4.78, 5) is 33.5. The number of nitrogens with one attached hydrogen (secondary N) is 3. The predicted octanol–water partition coefficient (Wildman–Crippen LogP) is -0.370. The standard InChI is InChI=1S/C20H23N5O2/c1-20(16-5-3-2-4-6-16)18(26)25(19(27)22-20)15-23-11-13-24(14-12-23)17-7-9-21-10-8-17/h2-10H,11-15H2,1H3,(H,22,27)/p+2/t20-/m1/s1. The van der Waals surface area contributed by atoms with Crippen molar-refractivity contribution in [2.24, 2.45) is 0 Å². The van der Waals surface area contributed by atoms with E-state index in [1.807, 2.05) is 42.7 Å². The summed E-state index contributed by atoms with van der Waals surface area (Å²) in [7, 11) is 0. The molecule has 2 aromatic rings. The lowest BCUT2D eigenvalue weighted by molar-refractivity contribution is -0.907. The number of imide groups is 1. The highest BCUT2D eigenvalue weighted by Crippen LogP contribution is 2.27. The van der Waals surface area contributed by atoms with Gasteiger partial charge in [0.05, 0.1) is 26.2 Å². The molecule has 140 valence electrons. The van der Waals surface area contributed by atoms with Crippen LogP contribution in [0.2, 0.25) is 0 Å². The summed E-state index contributed by atoms with van der Waals surface area (Å²) in [6.07, 6.45) is 3.85. The third kappa shape index (κ3) is 3.26. The molecule has 2 aliphatic heterocycles. The number of urea groups is 1. The van der Waals surface area contributed by atoms with E-state index in [9.17, 15) is 9.59 Å². The molecule has 0 unspecified atom stereocenters. The van der Waals surface area contributed by atoms with Crippen molar-refractivity contribution in [3.05, 3.63) is 60.4 Å². The molecule has 2 saturated heterocycles. The fourth-order valence-electron chi connectivity index (χ4n) is 3.86. The van der Waals surface area contributed by atoms with E-state index in [0.717, 1.165) is 31.7 Å². The van der Waals surface area contributed by atoms with Crippen molar-refractivity contribution in [3.63, 3.8) is 0 Å². The maximum Gasteiger partial charge on any atom is 0.329 e. The number of quaternary nitrogens is 1. The average molecular weight is 367 g/mol. The van der Waals surface area contributed by atoms with Crippen molar-refractivity contribution in [2.75, 3.05) is 37.7 Å². The van der Waals surface area contributed by atoms with Crippen molar-refractivity contribution in [1.29, 1.82) is 0 Å². The van der Waals surface area contributed by atoms with E-state index in [0.29, 0.717) is 6.67 Å². The number of piperazine rings is 1. The van der Waals surface area contributed by atoms with Crippen LogP contribution in [-0.4, -0.2) is 49.7 Å². The van der Waals surface area contributed by atoms with Gasteiger partial charge in [0.25, 0.3) is 5.91 Å². The number of aromatic nitrogens is 1. The van der Waals surface area contributed by atoms with Gasteiger partial charge in [-0.1, -0.05) is 30.3 Å². The Hall–Kier alpha value is -2.93. The molecule has 7 nitrogen and oxygen atoms in total. The largest absolute Gasteiger partial charge is 0.360 e. The van der Waals surface area contributed by atoms with E-state index in [2.05, 4.69) is 27.3 Å². The Morgan fingerprint density at radius 3 is 2.41 bits per heavy atom. The number of carbonyl (C=O) groups is 2. The van der Waals surface area contributed by atoms with Gasteiger partial charge >= 0.3 is 6.03 Å². The molecule has 3 N–H and O–H groups in total. The maximum atomic E-state index is 13.0. The number of nitrogens with zero attached hydrogens (tertiary/aromatic N) is 2. The Morgan fingerprint density at radius 2 is 1.74 bits per heavy atom. The van der Waals surface area contributed by atoms with Gasteiger partial charge in [-0.3, -0.25) is 4.79 Å². The number of anilines is 1. The van der Waals surface area contributed by atoms with Crippen LogP contribution in [0.3, 0.4) is 0 Å². The van der Waals surface area contributed by atoms with E-state index in [1.54, 1.807) is 6.92 Å². The summed E-state index contributed by atoms with van der Waals surface area (Å²) in [5.41, 5.74) is 1.02. The first-order chi connectivity index (χ1) is 13.1. The van der Waals surface area contributed by atoms with Gasteiger partial charge in [0.1, 0.15) is 5.54 Å². The SMILES string of the molecule is C[C@]1(c2ccccc2)NC(=O)N(C[NH+]2CCN(c3cc[nH+]cc3)CC2)C1=O. The molecule has 2 fully saturated rings. The molecule has 1 aromatic carbocycles. The number of hydrogen-bond acceptors (Lipinski definition) is 3. The van der Waals surface area contributed by atoms with Crippen LogP contribution in [0.1, 0.15) is 12.5 Å². The monoisotopic (exact) mass is 367 g/mol. The summed E-state index contributed by atoms with van der Waals surface area (Å²) in [5.74, 6) is -0.174. The molecule has 1 atom stereocenters. The van der Waals surface area contributed by atoms with Crippen LogP contribution in [-0.2, 0) is 10.3 Å². The molecular formula is C20H25N5O2+2. The minimum absolute atomic E-state index is 0.174. The molecule has 27 heavy (non-hydrogen) atoms. The molecule has 3 heterocycles. The van der Waals surface area contributed by atoms with Crippen molar-refractivity contribution in [1.82, 2.24) is 10.2 Å². The number of benzene rings is 1. The van der Waals surface area contributed by atoms with Crippen LogP contribution in [0, 0.1) is 0 Å². The number of aromatic amines is 1. The summed E-state index contributed by atoms with van der Waals surface area (Å²) in [6, 6.07) is 13.2. The Balaban J connectivity index is 1.40. The Labute approximate surface area is 158 Å². The molecule has 0 spiro atoms. The third-order valence-electron chi connectivity index (χ3n) is 5.54. The predicted molar refractivity (Wildman–Crippen MR) is 99.9 cm³/mol. The average Bonchev–Trinajstić information content (AvgIpc) is 2.94. The summed E-state index contributed by atoms with van der Waals surface area (Å²) < 4.78 is 0. The second-order valence-electron chi connectivity index (χ2n) is 7.31. The van der Waals surface area contributed by atoms with Crippen LogP contribution in [0.15, 0.2) is 54.9 Å².